The number of rotatable bonds is 6. The minimum absolute atomic E-state index is 0.0940. The zero-order chi connectivity index (χ0) is 19.8. The molecule has 1 aromatic heterocycles. The number of pyridine rings is 1. The molecule has 2 aromatic rings. The van der Waals surface area contributed by atoms with Gasteiger partial charge in [-0.15, -0.1) is 0 Å². The predicted molar refractivity (Wildman–Crippen MR) is 107 cm³/mol. The van der Waals surface area contributed by atoms with E-state index in [0.717, 1.165) is 11.1 Å². The van der Waals surface area contributed by atoms with Crippen molar-refractivity contribution in [3.05, 3.63) is 76.5 Å². The van der Waals surface area contributed by atoms with Gasteiger partial charge in [-0.25, -0.2) is 14.4 Å². The van der Waals surface area contributed by atoms with Gasteiger partial charge in [-0.2, -0.15) is 0 Å². The van der Waals surface area contributed by atoms with Gasteiger partial charge in [0.1, 0.15) is 11.7 Å². The maximum absolute atomic E-state index is 13.6. The molecule has 5 nitrogen and oxygen atoms in total. The van der Waals surface area contributed by atoms with Gasteiger partial charge in [0.25, 0.3) is 5.91 Å². The largest absolute Gasteiger partial charge is 0.351 e. The zero-order valence-corrected chi connectivity index (χ0v) is 15.9. The van der Waals surface area contributed by atoms with E-state index in [1.54, 1.807) is 25.5 Å². The normalized spacial score (nSPS) is 13.2. The van der Waals surface area contributed by atoms with Gasteiger partial charge in [0.15, 0.2) is 0 Å². The van der Waals surface area contributed by atoms with Gasteiger partial charge in [0, 0.05) is 31.1 Å². The molecule has 1 aromatic carbocycles. The van der Waals surface area contributed by atoms with Crippen molar-refractivity contribution in [2.24, 2.45) is 9.98 Å². The van der Waals surface area contributed by atoms with Crippen LogP contribution in [0.15, 0.2) is 64.5 Å². The van der Waals surface area contributed by atoms with Crippen molar-refractivity contribution in [2.45, 2.75) is 19.8 Å². The molecule has 1 heterocycles. The van der Waals surface area contributed by atoms with Gasteiger partial charge in [0.2, 0.25) is 0 Å². The third-order valence-electron chi connectivity index (χ3n) is 4.00. The average Bonchev–Trinajstić information content (AvgIpc) is 2.68. The van der Waals surface area contributed by atoms with Crippen LogP contribution < -0.4 is 5.32 Å². The highest BCUT2D eigenvalue weighted by atomic mass is 35.5. The number of hydrogen-bond donors (Lipinski definition) is 1. The minimum Gasteiger partial charge on any atom is -0.351 e. The van der Waals surface area contributed by atoms with Crippen molar-refractivity contribution in [1.82, 2.24) is 10.3 Å². The Bertz CT molecular complexity index is 881. The summed E-state index contributed by atoms with van der Waals surface area (Å²) in [5.41, 5.74) is 1.97. The second-order valence-corrected chi connectivity index (χ2v) is 6.23. The number of hydrogen-bond acceptors (Lipinski definition) is 3. The molecule has 0 fully saturated rings. The van der Waals surface area contributed by atoms with E-state index < -0.39 is 11.7 Å². The van der Waals surface area contributed by atoms with Gasteiger partial charge in [-0.3, -0.25) is 9.78 Å². The lowest BCUT2D eigenvalue weighted by Gasteiger charge is -2.19. The molecular weight excluding hydrogens is 367 g/mol. The lowest BCUT2D eigenvalue weighted by Crippen LogP contribution is -2.29. The van der Waals surface area contributed by atoms with Gasteiger partial charge in [-0.1, -0.05) is 17.7 Å². The summed E-state index contributed by atoms with van der Waals surface area (Å²) in [6, 6.07) is 7.87. The smallest absolute Gasteiger partial charge is 0.252 e. The van der Waals surface area contributed by atoms with E-state index in [1.165, 1.54) is 18.2 Å². The maximum atomic E-state index is 13.6. The Hall–Kier alpha value is -2.86. The van der Waals surface area contributed by atoms with Gasteiger partial charge in [0.05, 0.1) is 10.6 Å². The quantitative estimate of drug-likeness (QED) is 0.590. The van der Waals surface area contributed by atoms with Gasteiger partial charge in [-0.05, 0) is 56.0 Å². The summed E-state index contributed by atoms with van der Waals surface area (Å²) in [6.45, 7) is 7.37. The van der Waals surface area contributed by atoms with Crippen molar-refractivity contribution < 1.29 is 9.18 Å². The van der Waals surface area contributed by atoms with Crippen molar-refractivity contribution >= 4 is 30.1 Å². The molecule has 2 rings (SSSR count). The van der Waals surface area contributed by atoms with Crippen LogP contribution in [-0.4, -0.2) is 30.0 Å². The number of halogens is 2. The number of aromatic nitrogens is 1. The zero-order valence-electron chi connectivity index (χ0n) is 15.1. The summed E-state index contributed by atoms with van der Waals surface area (Å²) in [7, 11) is 0. The fraction of sp³-hybridized carbons (Fsp3) is 0.200. The van der Waals surface area contributed by atoms with E-state index in [-0.39, 0.29) is 23.0 Å². The summed E-state index contributed by atoms with van der Waals surface area (Å²) in [5, 5.41) is 2.62. The summed E-state index contributed by atoms with van der Waals surface area (Å²) in [5.74, 6) is -0.685. The van der Waals surface area contributed by atoms with Crippen molar-refractivity contribution in [2.75, 3.05) is 6.54 Å². The molecule has 0 bridgehead atoms. The highest BCUT2D eigenvalue weighted by Gasteiger charge is 2.18. The van der Waals surface area contributed by atoms with Crippen molar-refractivity contribution in [3.63, 3.8) is 0 Å². The Labute approximate surface area is 162 Å². The van der Waals surface area contributed by atoms with E-state index in [4.69, 9.17) is 11.6 Å². The Kier molecular flexibility index (Phi) is 7.37. The monoisotopic (exact) mass is 386 g/mol. The average molecular weight is 387 g/mol. The van der Waals surface area contributed by atoms with E-state index in [2.05, 4.69) is 27.0 Å². The van der Waals surface area contributed by atoms with Crippen molar-refractivity contribution in [3.8, 4) is 0 Å². The lowest BCUT2D eigenvalue weighted by atomic mass is 9.93. The topological polar surface area (TPSA) is 66.7 Å². The van der Waals surface area contributed by atoms with Crippen LogP contribution in [0.5, 0.6) is 0 Å². The molecule has 7 heteroatoms. The maximum Gasteiger partial charge on any atom is 0.252 e. The lowest BCUT2D eigenvalue weighted by molar-refractivity contribution is 0.0952. The molecule has 1 amide bonds. The second kappa shape index (κ2) is 9.73. The molecule has 0 saturated carbocycles. The summed E-state index contributed by atoms with van der Waals surface area (Å²) < 4.78 is 13.6. The molecule has 0 aliphatic heterocycles. The van der Waals surface area contributed by atoms with Crippen molar-refractivity contribution in [1.29, 1.82) is 0 Å². The highest BCUT2D eigenvalue weighted by Crippen LogP contribution is 2.24. The number of amides is 1. The first-order valence-electron chi connectivity index (χ1n) is 8.24. The molecule has 1 atom stereocenters. The standard InChI is InChI=1S/C20H20ClFN4O/c1-13(11-25-14(2)23-3)17(15-7-9-24-10-8-15)12-26-20(27)16-5-4-6-18(22)19(16)21/h4-11,17H,3,12H2,1-2H3,(H,26,27)/b13-11+,25-14?. The molecule has 0 radical (unpaired) electrons. The van der Waals surface area contributed by atoms with Crippen LogP contribution in [0.1, 0.15) is 35.7 Å². The molecular formula is C20H20ClFN4O. The number of carbonyl (C=O) groups is 1. The first-order chi connectivity index (χ1) is 12.9. The Balaban J connectivity index is 2.23. The van der Waals surface area contributed by atoms with Crippen LogP contribution in [0, 0.1) is 5.82 Å². The molecule has 27 heavy (non-hydrogen) atoms. The Morgan fingerprint density at radius 3 is 2.70 bits per heavy atom. The highest BCUT2D eigenvalue weighted by molar-refractivity contribution is 6.34. The van der Waals surface area contributed by atoms with E-state index >= 15 is 0 Å². The van der Waals surface area contributed by atoms with Gasteiger partial charge < -0.3 is 5.32 Å². The molecule has 0 aliphatic rings. The molecule has 0 spiro atoms. The van der Waals surface area contributed by atoms with Crippen LogP contribution in [0.3, 0.4) is 0 Å². The number of nitrogens with one attached hydrogen (secondary N) is 1. The summed E-state index contributed by atoms with van der Waals surface area (Å²) in [6.07, 6.45) is 5.05. The predicted octanol–water partition coefficient (Wildman–Crippen LogP) is 4.41. The first-order valence-corrected chi connectivity index (χ1v) is 8.61. The van der Waals surface area contributed by atoms with Gasteiger partial charge >= 0.3 is 0 Å². The number of aliphatic imine (C=N–C) groups is 2. The molecule has 140 valence electrons. The van der Waals surface area contributed by atoms with Crippen LogP contribution in [0.4, 0.5) is 4.39 Å². The molecule has 1 unspecified atom stereocenters. The molecule has 0 aliphatic carbocycles. The Morgan fingerprint density at radius 2 is 2.04 bits per heavy atom. The fourth-order valence-electron chi connectivity index (χ4n) is 2.43. The number of benzene rings is 1. The molecule has 0 saturated heterocycles. The molecule has 1 N–H and O–H groups in total. The van der Waals surface area contributed by atoms with E-state index in [1.807, 2.05) is 19.1 Å². The third kappa shape index (κ3) is 5.56. The Morgan fingerprint density at radius 1 is 1.33 bits per heavy atom. The van der Waals surface area contributed by atoms with Crippen LogP contribution >= 0.6 is 11.6 Å². The third-order valence-corrected chi connectivity index (χ3v) is 4.39. The van der Waals surface area contributed by atoms with E-state index in [9.17, 15) is 9.18 Å². The number of nitrogens with zero attached hydrogens (tertiary/aromatic N) is 3. The summed E-state index contributed by atoms with van der Waals surface area (Å²) >= 11 is 5.89. The van der Waals surface area contributed by atoms with Crippen LogP contribution in [-0.2, 0) is 0 Å². The number of amidine groups is 1. The first kappa shape index (κ1) is 20.5. The summed E-state index contributed by atoms with van der Waals surface area (Å²) in [4.78, 5) is 24.4. The second-order valence-electron chi connectivity index (χ2n) is 5.85. The number of carbonyl (C=O) groups excluding carboxylic acids is 1. The minimum atomic E-state index is -0.632. The fourth-order valence-corrected chi connectivity index (χ4v) is 2.64. The van der Waals surface area contributed by atoms with Crippen LogP contribution in [0.25, 0.3) is 0 Å². The van der Waals surface area contributed by atoms with E-state index in [0.29, 0.717) is 5.84 Å². The SMILES string of the molecule is C=NC(C)=N/C=C(\C)C(CNC(=O)c1cccc(F)c1Cl)c1ccncc1. The van der Waals surface area contributed by atoms with Crippen LogP contribution in [0.2, 0.25) is 5.02 Å².